The van der Waals surface area contributed by atoms with E-state index in [2.05, 4.69) is 47.6 Å². The number of carbonyl (C=O) groups is 1. The molecule has 0 spiro atoms. The number of aromatic nitrogens is 2. The average Bonchev–Trinajstić information content (AvgIpc) is 3.33. The van der Waals surface area contributed by atoms with Gasteiger partial charge in [0.2, 0.25) is 0 Å². The summed E-state index contributed by atoms with van der Waals surface area (Å²) in [4.78, 5) is 14.7. The highest BCUT2D eigenvalue weighted by Gasteiger charge is 2.52. The third-order valence-electron chi connectivity index (χ3n) is 6.32. The van der Waals surface area contributed by atoms with Crippen LogP contribution in [0.15, 0.2) is 24.4 Å². The molecule has 7 heteroatoms. The maximum Gasteiger partial charge on any atom is 0.408 e. The number of fused-ring (bicyclic) bond motifs is 1. The van der Waals surface area contributed by atoms with E-state index in [-0.39, 0.29) is 23.9 Å². The number of ether oxygens (including phenoxy) is 2. The monoisotopic (exact) mass is 428 g/mol. The van der Waals surface area contributed by atoms with Gasteiger partial charge in [-0.15, -0.1) is 0 Å². The SMILES string of the molecule is CN(C)C(Cc1ccc2c(cnn2C2CCCCO2)c1)C1(NC(=O)OC(C)(C)C)CC1. The fourth-order valence-corrected chi connectivity index (χ4v) is 4.65. The van der Waals surface area contributed by atoms with Crippen LogP contribution < -0.4 is 5.32 Å². The number of hydrogen-bond donors (Lipinski definition) is 1. The van der Waals surface area contributed by atoms with Crippen LogP contribution in [0.1, 0.15) is 64.7 Å². The number of alkyl carbamates (subject to hydrolysis) is 1. The number of carbonyl (C=O) groups excluding carboxylic acids is 1. The minimum atomic E-state index is -0.499. The lowest BCUT2D eigenvalue weighted by Gasteiger charge is -2.34. The number of hydrogen-bond acceptors (Lipinski definition) is 5. The van der Waals surface area contributed by atoms with E-state index in [0.29, 0.717) is 0 Å². The van der Waals surface area contributed by atoms with Crippen molar-refractivity contribution in [3.63, 3.8) is 0 Å². The summed E-state index contributed by atoms with van der Waals surface area (Å²) in [6.45, 7) is 6.48. The summed E-state index contributed by atoms with van der Waals surface area (Å²) in [7, 11) is 4.16. The molecular formula is C24H36N4O3. The summed E-state index contributed by atoms with van der Waals surface area (Å²) >= 11 is 0. The average molecular weight is 429 g/mol. The Labute approximate surface area is 185 Å². The predicted octanol–water partition coefficient (Wildman–Crippen LogP) is 4.27. The zero-order valence-electron chi connectivity index (χ0n) is 19.5. The summed E-state index contributed by atoms with van der Waals surface area (Å²) in [6.07, 6.45) is 7.76. The molecule has 0 bridgehead atoms. The van der Waals surface area contributed by atoms with Crippen LogP contribution in [-0.4, -0.2) is 58.7 Å². The van der Waals surface area contributed by atoms with E-state index in [0.717, 1.165) is 49.6 Å². The van der Waals surface area contributed by atoms with Crippen LogP contribution in [0.25, 0.3) is 10.9 Å². The van der Waals surface area contributed by atoms with Gasteiger partial charge in [-0.25, -0.2) is 9.48 Å². The molecule has 0 radical (unpaired) electrons. The van der Waals surface area contributed by atoms with Crippen molar-refractivity contribution in [1.82, 2.24) is 20.0 Å². The van der Waals surface area contributed by atoms with Crippen LogP contribution >= 0.6 is 0 Å². The van der Waals surface area contributed by atoms with Crippen LogP contribution in [-0.2, 0) is 15.9 Å². The van der Waals surface area contributed by atoms with Gasteiger partial charge in [0.15, 0.2) is 6.23 Å². The molecule has 2 heterocycles. The van der Waals surface area contributed by atoms with E-state index in [1.54, 1.807) is 0 Å². The van der Waals surface area contributed by atoms with Crippen molar-refractivity contribution in [3.05, 3.63) is 30.0 Å². The molecule has 1 saturated heterocycles. The molecule has 2 unspecified atom stereocenters. The Hall–Kier alpha value is -2.12. The number of amides is 1. The quantitative estimate of drug-likeness (QED) is 0.744. The number of nitrogens with one attached hydrogen (secondary N) is 1. The zero-order valence-corrected chi connectivity index (χ0v) is 19.5. The lowest BCUT2D eigenvalue weighted by Crippen LogP contribution is -2.53. The molecule has 1 saturated carbocycles. The summed E-state index contributed by atoms with van der Waals surface area (Å²) in [6, 6.07) is 6.75. The van der Waals surface area contributed by atoms with E-state index in [9.17, 15) is 4.79 Å². The molecule has 2 aliphatic rings. The highest BCUT2D eigenvalue weighted by molar-refractivity contribution is 5.79. The molecule has 2 atom stereocenters. The lowest BCUT2D eigenvalue weighted by molar-refractivity contribution is -0.0366. The Morgan fingerprint density at radius 1 is 1.35 bits per heavy atom. The number of likely N-dealkylation sites (N-methyl/N-ethyl adjacent to an activating group) is 1. The fourth-order valence-electron chi connectivity index (χ4n) is 4.65. The molecule has 1 amide bonds. The molecule has 2 fully saturated rings. The molecule has 1 aliphatic carbocycles. The van der Waals surface area contributed by atoms with Gasteiger partial charge < -0.3 is 19.7 Å². The molecule has 1 aromatic heterocycles. The van der Waals surface area contributed by atoms with Crippen LogP contribution in [0.5, 0.6) is 0 Å². The first-order valence-electron chi connectivity index (χ1n) is 11.4. The first-order valence-corrected chi connectivity index (χ1v) is 11.4. The molecule has 2 aromatic rings. The van der Waals surface area contributed by atoms with Crippen molar-refractivity contribution in [2.24, 2.45) is 0 Å². The standard InChI is InChI=1S/C24H36N4O3/c1-23(2,3)31-22(29)26-24(11-12-24)20(27(4)5)15-17-9-10-19-18(14-17)16-25-28(19)21-8-6-7-13-30-21/h9-10,14,16,20-21H,6-8,11-13,15H2,1-5H3,(H,26,29). The minimum absolute atomic E-state index is 0.0411. The van der Waals surface area contributed by atoms with Crippen molar-refractivity contribution >= 4 is 17.0 Å². The summed E-state index contributed by atoms with van der Waals surface area (Å²) < 4.78 is 13.5. The van der Waals surface area contributed by atoms with E-state index < -0.39 is 5.60 Å². The molecular weight excluding hydrogens is 392 g/mol. The van der Waals surface area contributed by atoms with Gasteiger partial charge in [0.05, 0.1) is 17.3 Å². The Morgan fingerprint density at radius 3 is 2.74 bits per heavy atom. The largest absolute Gasteiger partial charge is 0.444 e. The van der Waals surface area contributed by atoms with E-state index >= 15 is 0 Å². The van der Waals surface area contributed by atoms with E-state index in [4.69, 9.17) is 9.47 Å². The Kier molecular flexibility index (Phi) is 6.01. The first kappa shape index (κ1) is 22.1. The van der Waals surface area contributed by atoms with Gasteiger partial charge in [-0.2, -0.15) is 5.10 Å². The van der Waals surface area contributed by atoms with Crippen molar-refractivity contribution in [2.75, 3.05) is 20.7 Å². The van der Waals surface area contributed by atoms with Gasteiger partial charge in [-0.05, 0) is 91.1 Å². The van der Waals surface area contributed by atoms with Crippen LogP contribution in [0.3, 0.4) is 0 Å². The summed E-state index contributed by atoms with van der Waals surface area (Å²) in [5.41, 5.74) is 1.62. The predicted molar refractivity (Wildman–Crippen MR) is 121 cm³/mol. The highest BCUT2D eigenvalue weighted by atomic mass is 16.6. The van der Waals surface area contributed by atoms with Crippen LogP contribution in [0.4, 0.5) is 4.79 Å². The maximum atomic E-state index is 12.4. The minimum Gasteiger partial charge on any atom is -0.444 e. The molecule has 31 heavy (non-hydrogen) atoms. The summed E-state index contributed by atoms with van der Waals surface area (Å²) in [5, 5.41) is 8.92. The van der Waals surface area contributed by atoms with Gasteiger partial charge in [-0.1, -0.05) is 6.07 Å². The van der Waals surface area contributed by atoms with Crippen molar-refractivity contribution in [3.8, 4) is 0 Å². The maximum absolute atomic E-state index is 12.4. The molecule has 1 N–H and O–H groups in total. The molecule has 4 rings (SSSR count). The third-order valence-corrected chi connectivity index (χ3v) is 6.32. The van der Waals surface area contributed by atoms with Crippen molar-refractivity contribution < 1.29 is 14.3 Å². The van der Waals surface area contributed by atoms with Crippen molar-refractivity contribution in [2.45, 2.75) is 82.7 Å². The molecule has 1 aliphatic heterocycles. The van der Waals surface area contributed by atoms with E-state index in [1.807, 2.05) is 31.6 Å². The van der Waals surface area contributed by atoms with Crippen molar-refractivity contribution in [1.29, 1.82) is 0 Å². The fraction of sp³-hybridized carbons (Fsp3) is 0.667. The number of benzene rings is 1. The van der Waals surface area contributed by atoms with Gasteiger partial charge in [0.25, 0.3) is 0 Å². The highest BCUT2D eigenvalue weighted by Crippen LogP contribution is 2.42. The Morgan fingerprint density at radius 2 is 2.13 bits per heavy atom. The second-order valence-electron chi connectivity index (χ2n) is 10.3. The second kappa shape index (κ2) is 8.43. The topological polar surface area (TPSA) is 68.6 Å². The lowest BCUT2D eigenvalue weighted by atomic mass is 9.95. The summed E-state index contributed by atoms with van der Waals surface area (Å²) in [5.74, 6) is 0. The molecule has 7 nitrogen and oxygen atoms in total. The zero-order chi connectivity index (χ0) is 22.2. The first-order chi connectivity index (χ1) is 14.7. The van der Waals surface area contributed by atoms with Gasteiger partial charge in [-0.3, -0.25) is 0 Å². The smallest absolute Gasteiger partial charge is 0.408 e. The molecule has 170 valence electrons. The Bertz CT molecular complexity index is 921. The molecule has 1 aromatic carbocycles. The van der Waals surface area contributed by atoms with Gasteiger partial charge in [0, 0.05) is 18.0 Å². The van der Waals surface area contributed by atoms with E-state index in [1.165, 1.54) is 12.0 Å². The van der Waals surface area contributed by atoms with Gasteiger partial charge in [0.1, 0.15) is 5.60 Å². The Balaban J connectivity index is 1.50. The second-order valence-corrected chi connectivity index (χ2v) is 10.3. The van der Waals surface area contributed by atoms with Crippen LogP contribution in [0, 0.1) is 0 Å². The van der Waals surface area contributed by atoms with Gasteiger partial charge >= 0.3 is 6.09 Å². The third kappa shape index (κ3) is 5.04. The van der Waals surface area contributed by atoms with Crippen LogP contribution in [0.2, 0.25) is 0 Å². The number of rotatable bonds is 6. The number of nitrogens with zero attached hydrogens (tertiary/aromatic N) is 3. The normalized spacial score (nSPS) is 21.8.